The van der Waals surface area contributed by atoms with Crippen LogP contribution in [0.2, 0.25) is 0 Å². The number of hydrogen-bond acceptors (Lipinski definition) is 3. The smallest absolute Gasteiger partial charge is 0.251 e. The van der Waals surface area contributed by atoms with E-state index in [9.17, 15) is 4.79 Å². The van der Waals surface area contributed by atoms with Crippen molar-refractivity contribution in [3.8, 4) is 0 Å². The third-order valence-electron chi connectivity index (χ3n) is 3.87. The van der Waals surface area contributed by atoms with E-state index < -0.39 is 0 Å². The van der Waals surface area contributed by atoms with Gasteiger partial charge in [-0.25, -0.2) is 0 Å². The molecule has 20 heavy (non-hydrogen) atoms. The molecule has 0 aromatic heterocycles. The summed E-state index contributed by atoms with van der Waals surface area (Å²) in [4.78, 5) is 14.6. The van der Waals surface area contributed by atoms with Crippen molar-refractivity contribution in [3.05, 3.63) is 29.3 Å². The van der Waals surface area contributed by atoms with E-state index in [1.54, 1.807) is 12.1 Å². The lowest BCUT2D eigenvalue weighted by Crippen LogP contribution is -2.34. The molecule has 0 saturated carbocycles. The molecule has 1 aromatic carbocycles. The largest absolute Gasteiger partial charge is 0.399 e. The van der Waals surface area contributed by atoms with Crippen LogP contribution in [-0.4, -0.2) is 37.0 Å². The summed E-state index contributed by atoms with van der Waals surface area (Å²) in [5.41, 5.74) is 8.04. The number of rotatable bonds is 5. The number of carbonyl (C=O) groups is 1. The summed E-state index contributed by atoms with van der Waals surface area (Å²) < 4.78 is 0. The molecule has 2 rings (SSSR count). The molecule has 1 aromatic rings. The van der Waals surface area contributed by atoms with Crippen LogP contribution in [0.3, 0.4) is 0 Å². The maximum Gasteiger partial charge on any atom is 0.251 e. The number of likely N-dealkylation sites (tertiary alicyclic amines) is 1. The van der Waals surface area contributed by atoms with Gasteiger partial charge in [0, 0.05) is 24.3 Å². The first-order valence-electron chi connectivity index (χ1n) is 7.43. The van der Waals surface area contributed by atoms with E-state index in [4.69, 9.17) is 5.73 Å². The van der Waals surface area contributed by atoms with Gasteiger partial charge in [-0.1, -0.05) is 6.92 Å². The standard InChI is InChI=1S/C16H25N3O/c1-12(11-19-7-3-4-8-19)10-18-16(20)15-6-5-14(17)9-13(15)2/h5-6,9,12H,3-4,7-8,10-11,17H2,1-2H3,(H,18,20). The number of nitrogens with one attached hydrogen (secondary N) is 1. The van der Waals surface area contributed by atoms with E-state index in [1.807, 2.05) is 13.0 Å². The second kappa shape index (κ2) is 6.75. The van der Waals surface area contributed by atoms with Gasteiger partial charge in [0.2, 0.25) is 0 Å². The number of nitrogen functional groups attached to an aromatic ring is 1. The SMILES string of the molecule is Cc1cc(N)ccc1C(=O)NCC(C)CN1CCCC1. The van der Waals surface area contributed by atoms with Crippen LogP contribution in [0.1, 0.15) is 35.7 Å². The van der Waals surface area contributed by atoms with E-state index >= 15 is 0 Å². The van der Waals surface area contributed by atoms with Crippen molar-refractivity contribution in [3.63, 3.8) is 0 Å². The number of carbonyl (C=O) groups excluding carboxylic acids is 1. The van der Waals surface area contributed by atoms with E-state index in [-0.39, 0.29) is 5.91 Å². The van der Waals surface area contributed by atoms with Gasteiger partial charge in [-0.2, -0.15) is 0 Å². The maximum atomic E-state index is 12.2. The second-order valence-corrected chi connectivity index (χ2v) is 5.90. The first-order valence-corrected chi connectivity index (χ1v) is 7.43. The van der Waals surface area contributed by atoms with Gasteiger partial charge in [-0.15, -0.1) is 0 Å². The zero-order chi connectivity index (χ0) is 14.5. The average Bonchev–Trinajstić information content (AvgIpc) is 2.89. The van der Waals surface area contributed by atoms with Crippen LogP contribution in [0.25, 0.3) is 0 Å². The topological polar surface area (TPSA) is 58.4 Å². The van der Waals surface area contributed by atoms with Gasteiger partial charge < -0.3 is 16.0 Å². The van der Waals surface area contributed by atoms with Crippen LogP contribution in [0.5, 0.6) is 0 Å². The van der Waals surface area contributed by atoms with Crippen LogP contribution in [0, 0.1) is 12.8 Å². The summed E-state index contributed by atoms with van der Waals surface area (Å²) in [5.74, 6) is 0.474. The number of anilines is 1. The molecule has 1 aliphatic heterocycles. The Kier molecular flexibility index (Phi) is 5.01. The van der Waals surface area contributed by atoms with Crippen LogP contribution in [0.4, 0.5) is 5.69 Å². The highest BCUT2D eigenvalue weighted by atomic mass is 16.1. The van der Waals surface area contributed by atoms with Crippen molar-refractivity contribution < 1.29 is 4.79 Å². The van der Waals surface area contributed by atoms with E-state index in [2.05, 4.69) is 17.1 Å². The number of nitrogens with two attached hydrogens (primary N) is 1. The highest BCUT2D eigenvalue weighted by molar-refractivity contribution is 5.95. The molecule has 0 spiro atoms. The van der Waals surface area contributed by atoms with Gasteiger partial charge in [0.15, 0.2) is 0 Å². The Morgan fingerprint density at radius 2 is 2.10 bits per heavy atom. The molecule has 1 unspecified atom stereocenters. The zero-order valence-electron chi connectivity index (χ0n) is 12.5. The molecular formula is C16H25N3O. The highest BCUT2D eigenvalue weighted by Gasteiger charge is 2.16. The van der Waals surface area contributed by atoms with Gasteiger partial charge in [0.1, 0.15) is 0 Å². The number of benzene rings is 1. The number of aryl methyl sites for hydroxylation is 1. The minimum atomic E-state index is -0.00391. The molecule has 4 nitrogen and oxygen atoms in total. The molecule has 1 saturated heterocycles. The minimum Gasteiger partial charge on any atom is -0.399 e. The lowest BCUT2D eigenvalue weighted by atomic mass is 10.1. The summed E-state index contributed by atoms with van der Waals surface area (Å²) >= 11 is 0. The van der Waals surface area contributed by atoms with Gasteiger partial charge in [-0.05, 0) is 62.5 Å². The Labute approximate surface area is 121 Å². The van der Waals surface area contributed by atoms with Crippen molar-refractivity contribution in [1.29, 1.82) is 0 Å². The summed E-state index contributed by atoms with van der Waals surface area (Å²) in [7, 11) is 0. The van der Waals surface area contributed by atoms with Gasteiger partial charge >= 0.3 is 0 Å². The maximum absolute atomic E-state index is 12.2. The fourth-order valence-electron chi connectivity index (χ4n) is 2.77. The van der Waals surface area contributed by atoms with Crippen LogP contribution in [0.15, 0.2) is 18.2 Å². The average molecular weight is 275 g/mol. The van der Waals surface area contributed by atoms with E-state index in [0.29, 0.717) is 17.2 Å². The van der Waals surface area contributed by atoms with Crippen molar-refractivity contribution in [2.24, 2.45) is 5.92 Å². The fraction of sp³-hybridized carbons (Fsp3) is 0.562. The monoisotopic (exact) mass is 275 g/mol. The van der Waals surface area contributed by atoms with Gasteiger partial charge in [0.05, 0.1) is 0 Å². The first kappa shape index (κ1) is 14.9. The predicted octanol–water partition coefficient (Wildman–Crippen LogP) is 2.04. The van der Waals surface area contributed by atoms with Crippen molar-refractivity contribution in [2.45, 2.75) is 26.7 Å². The lowest BCUT2D eigenvalue weighted by Gasteiger charge is -2.20. The summed E-state index contributed by atoms with van der Waals surface area (Å²) in [6, 6.07) is 5.41. The molecular weight excluding hydrogens is 250 g/mol. The quantitative estimate of drug-likeness (QED) is 0.809. The Balaban J connectivity index is 1.81. The first-order chi connectivity index (χ1) is 9.56. The number of hydrogen-bond donors (Lipinski definition) is 2. The number of amides is 1. The number of nitrogens with zero attached hydrogens (tertiary/aromatic N) is 1. The summed E-state index contributed by atoms with van der Waals surface area (Å²) in [6.07, 6.45) is 2.62. The lowest BCUT2D eigenvalue weighted by molar-refractivity contribution is 0.0944. The molecule has 0 bridgehead atoms. The van der Waals surface area contributed by atoms with Gasteiger partial charge in [-0.3, -0.25) is 4.79 Å². The molecule has 3 N–H and O–H groups in total. The Hall–Kier alpha value is -1.55. The van der Waals surface area contributed by atoms with Gasteiger partial charge in [0.25, 0.3) is 5.91 Å². The minimum absolute atomic E-state index is 0.00391. The molecule has 110 valence electrons. The van der Waals surface area contributed by atoms with Crippen LogP contribution < -0.4 is 11.1 Å². The molecule has 4 heteroatoms. The normalized spacial score (nSPS) is 17.1. The molecule has 1 atom stereocenters. The van der Waals surface area contributed by atoms with Crippen molar-refractivity contribution in [1.82, 2.24) is 10.2 Å². The Bertz CT molecular complexity index is 467. The molecule has 1 amide bonds. The molecule has 1 heterocycles. The molecule has 0 aliphatic carbocycles. The summed E-state index contributed by atoms with van der Waals surface area (Å²) in [5, 5.41) is 3.03. The van der Waals surface area contributed by atoms with Crippen molar-refractivity contribution in [2.75, 3.05) is 31.9 Å². The third kappa shape index (κ3) is 3.97. The summed E-state index contributed by atoms with van der Waals surface area (Å²) in [6.45, 7) is 8.30. The van der Waals surface area contributed by atoms with Crippen LogP contribution in [-0.2, 0) is 0 Å². The Morgan fingerprint density at radius 1 is 1.40 bits per heavy atom. The predicted molar refractivity (Wildman–Crippen MR) is 82.8 cm³/mol. The van der Waals surface area contributed by atoms with Crippen LogP contribution >= 0.6 is 0 Å². The fourth-order valence-corrected chi connectivity index (χ4v) is 2.77. The molecule has 1 fully saturated rings. The Morgan fingerprint density at radius 3 is 2.75 bits per heavy atom. The second-order valence-electron chi connectivity index (χ2n) is 5.90. The third-order valence-corrected chi connectivity index (χ3v) is 3.87. The molecule has 1 aliphatic rings. The van der Waals surface area contributed by atoms with E-state index in [1.165, 1.54) is 25.9 Å². The molecule has 0 radical (unpaired) electrons. The van der Waals surface area contributed by atoms with Crippen molar-refractivity contribution >= 4 is 11.6 Å². The van der Waals surface area contributed by atoms with E-state index in [0.717, 1.165) is 18.7 Å². The zero-order valence-corrected chi connectivity index (χ0v) is 12.5. The highest BCUT2D eigenvalue weighted by Crippen LogP contribution is 2.13.